The van der Waals surface area contributed by atoms with Crippen molar-refractivity contribution in [2.75, 3.05) is 5.73 Å². The van der Waals surface area contributed by atoms with E-state index in [1.54, 1.807) is 4.68 Å². The van der Waals surface area contributed by atoms with Crippen LogP contribution in [-0.4, -0.2) is 15.7 Å². The van der Waals surface area contributed by atoms with E-state index in [1.165, 1.54) is 5.56 Å². The minimum atomic E-state index is -0.553. The third kappa shape index (κ3) is 2.77. The van der Waals surface area contributed by atoms with E-state index in [0.717, 1.165) is 5.56 Å². The number of carbonyl (C=O) groups excluding carboxylic acids is 1. The third-order valence-electron chi connectivity index (χ3n) is 3.53. The highest BCUT2D eigenvalue weighted by atomic mass is 16.1. The maximum atomic E-state index is 11.7. The van der Waals surface area contributed by atoms with Crippen molar-refractivity contribution in [3.8, 4) is 11.3 Å². The van der Waals surface area contributed by atoms with Gasteiger partial charge in [-0.3, -0.25) is 4.79 Å². The van der Waals surface area contributed by atoms with Gasteiger partial charge in [-0.2, -0.15) is 5.10 Å². The van der Waals surface area contributed by atoms with Crippen LogP contribution >= 0.6 is 0 Å². The second-order valence-electron chi connectivity index (χ2n) is 5.79. The van der Waals surface area contributed by atoms with Crippen LogP contribution in [0, 0.1) is 0 Å². The predicted octanol–water partition coefficient (Wildman–Crippen LogP) is 2.94. The van der Waals surface area contributed by atoms with Crippen molar-refractivity contribution in [1.29, 1.82) is 0 Å². The molecular formula is C16H22N4O. The monoisotopic (exact) mass is 286 g/mol. The second kappa shape index (κ2) is 5.60. The average molecular weight is 286 g/mol. The highest BCUT2D eigenvalue weighted by molar-refractivity contribution is 6.03. The van der Waals surface area contributed by atoms with Gasteiger partial charge in [0.05, 0.1) is 0 Å². The Balaban J connectivity index is 2.57. The number of primary amides is 1. The Hall–Kier alpha value is -2.30. The minimum Gasteiger partial charge on any atom is -0.383 e. The Bertz CT molecular complexity index is 654. The zero-order chi connectivity index (χ0) is 15.7. The van der Waals surface area contributed by atoms with Crippen molar-refractivity contribution in [3.05, 3.63) is 35.4 Å². The number of nitrogens with zero attached hydrogens (tertiary/aromatic N) is 2. The van der Waals surface area contributed by atoms with E-state index in [0.29, 0.717) is 23.0 Å². The molecule has 21 heavy (non-hydrogen) atoms. The first-order chi connectivity index (χ1) is 9.82. The zero-order valence-electron chi connectivity index (χ0n) is 12.9. The van der Waals surface area contributed by atoms with Gasteiger partial charge in [-0.1, -0.05) is 38.1 Å². The van der Waals surface area contributed by atoms with E-state index < -0.39 is 5.91 Å². The van der Waals surface area contributed by atoms with Gasteiger partial charge < -0.3 is 11.5 Å². The van der Waals surface area contributed by atoms with E-state index in [4.69, 9.17) is 11.5 Å². The molecule has 0 fully saturated rings. The van der Waals surface area contributed by atoms with Crippen molar-refractivity contribution in [1.82, 2.24) is 9.78 Å². The number of rotatable bonds is 4. The van der Waals surface area contributed by atoms with Gasteiger partial charge in [-0.25, -0.2) is 4.68 Å². The fourth-order valence-corrected chi connectivity index (χ4v) is 2.31. The number of nitrogen functional groups attached to an aromatic ring is 1. The molecule has 0 aliphatic rings. The quantitative estimate of drug-likeness (QED) is 0.905. The number of hydrogen-bond donors (Lipinski definition) is 2. The summed E-state index contributed by atoms with van der Waals surface area (Å²) < 4.78 is 1.63. The number of amides is 1. The first-order valence-corrected chi connectivity index (χ1v) is 7.11. The van der Waals surface area contributed by atoms with Crippen LogP contribution < -0.4 is 11.5 Å². The standard InChI is InChI=1S/C16H22N4O/c1-9(2)11-5-7-12(8-6-11)14-13(16(18)21)15(17)20(19-14)10(3)4/h5-10H,17H2,1-4H3,(H2,18,21). The molecule has 0 spiro atoms. The van der Waals surface area contributed by atoms with Gasteiger partial charge in [0.15, 0.2) is 0 Å². The summed E-state index contributed by atoms with van der Waals surface area (Å²) >= 11 is 0. The molecule has 112 valence electrons. The molecule has 0 saturated heterocycles. The van der Waals surface area contributed by atoms with Gasteiger partial charge in [0.25, 0.3) is 5.91 Å². The van der Waals surface area contributed by atoms with Gasteiger partial charge in [0.2, 0.25) is 0 Å². The highest BCUT2D eigenvalue weighted by Crippen LogP contribution is 2.29. The summed E-state index contributed by atoms with van der Waals surface area (Å²) in [6.07, 6.45) is 0. The van der Waals surface area contributed by atoms with Gasteiger partial charge in [0, 0.05) is 11.6 Å². The molecule has 2 aromatic rings. The van der Waals surface area contributed by atoms with E-state index in [-0.39, 0.29) is 6.04 Å². The van der Waals surface area contributed by atoms with Crippen molar-refractivity contribution in [2.24, 2.45) is 5.73 Å². The number of aromatic nitrogens is 2. The average Bonchev–Trinajstić information content (AvgIpc) is 2.76. The lowest BCUT2D eigenvalue weighted by Crippen LogP contribution is -2.15. The summed E-state index contributed by atoms with van der Waals surface area (Å²) in [6.45, 7) is 8.18. The Labute approximate surface area is 124 Å². The molecule has 1 aromatic heterocycles. The molecule has 4 N–H and O–H groups in total. The summed E-state index contributed by atoms with van der Waals surface area (Å²) in [5, 5.41) is 4.47. The highest BCUT2D eigenvalue weighted by Gasteiger charge is 2.22. The largest absolute Gasteiger partial charge is 0.383 e. The van der Waals surface area contributed by atoms with Gasteiger partial charge >= 0.3 is 0 Å². The fraction of sp³-hybridized carbons (Fsp3) is 0.375. The van der Waals surface area contributed by atoms with Crippen molar-refractivity contribution < 1.29 is 4.79 Å². The van der Waals surface area contributed by atoms with Crippen LogP contribution in [0.15, 0.2) is 24.3 Å². The lowest BCUT2D eigenvalue weighted by atomic mass is 9.99. The smallest absolute Gasteiger partial charge is 0.254 e. The molecule has 0 radical (unpaired) electrons. The molecule has 0 saturated carbocycles. The molecule has 0 aliphatic carbocycles. The Kier molecular flexibility index (Phi) is 4.02. The van der Waals surface area contributed by atoms with Crippen LogP contribution in [0.2, 0.25) is 0 Å². The van der Waals surface area contributed by atoms with Crippen LogP contribution in [0.1, 0.15) is 55.6 Å². The maximum absolute atomic E-state index is 11.7. The van der Waals surface area contributed by atoms with E-state index in [9.17, 15) is 4.79 Å². The van der Waals surface area contributed by atoms with Gasteiger partial charge in [-0.05, 0) is 25.3 Å². The molecule has 5 nitrogen and oxygen atoms in total. The topological polar surface area (TPSA) is 86.9 Å². The zero-order valence-corrected chi connectivity index (χ0v) is 12.9. The molecule has 0 unspecified atom stereocenters. The van der Waals surface area contributed by atoms with E-state index in [1.807, 2.05) is 38.1 Å². The number of nitrogens with two attached hydrogens (primary N) is 2. The van der Waals surface area contributed by atoms with E-state index in [2.05, 4.69) is 18.9 Å². The molecule has 1 amide bonds. The summed E-state index contributed by atoms with van der Waals surface area (Å²) in [7, 11) is 0. The summed E-state index contributed by atoms with van der Waals surface area (Å²) in [4.78, 5) is 11.7. The normalized spacial score (nSPS) is 11.3. The summed E-state index contributed by atoms with van der Waals surface area (Å²) in [6, 6.07) is 8.04. The molecular weight excluding hydrogens is 264 g/mol. The second-order valence-corrected chi connectivity index (χ2v) is 5.79. The number of benzene rings is 1. The van der Waals surface area contributed by atoms with Crippen LogP contribution in [-0.2, 0) is 0 Å². The lowest BCUT2D eigenvalue weighted by molar-refractivity contribution is 0.100. The number of hydrogen-bond acceptors (Lipinski definition) is 3. The van der Waals surface area contributed by atoms with Crippen LogP contribution in [0.4, 0.5) is 5.82 Å². The molecule has 5 heteroatoms. The summed E-state index contributed by atoms with van der Waals surface area (Å²) in [5.74, 6) is 0.218. The van der Waals surface area contributed by atoms with Crippen LogP contribution in [0.25, 0.3) is 11.3 Å². The van der Waals surface area contributed by atoms with E-state index >= 15 is 0 Å². The molecule has 1 aromatic carbocycles. The Morgan fingerprint density at radius 1 is 1.14 bits per heavy atom. The van der Waals surface area contributed by atoms with Gasteiger partial charge in [-0.15, -0.1) is 0 Å². The maximum Gasteiger partial charge on any atom is 0.254 e. The fourth-order valence-electron chi connectivity index (χ4n) is 2.31. The SMILES string of the molecule is CC(C)c1ccc(-c2nn(C(C)C)c(N)c2C(N)=O)cc1. The Morgan fingerprint density at radius 3 is 2.14 bits per heavy atom. The molecule has 1 heterocycles. The molecule has 2 rings (SSSR count). The molecule has 0 atom stereocenters. The summed E-state index contributed by atoms with van der Waals surface area (Å²) in [5.41, 5.74) is 14.4. The van der Waals surface area contributed by atoms with Gasteiger partial charge in [0.1, 0.15) is 17.1 Å². The Morgan fingerprint density at radius 2 is 1.71 bits per heavy atom. The number of anilines is 1. The van der Waals surface area contributed by atoms with Crippen molar-refractivity contribution >= 4 is 11.7 Å². The number of carbonyl (C=O) groups is 1. The molecule has 0 bridgehead atoms. The van der Waals surface area contributed by atoms with Crippen LogP contribution in [0.3, 0.4) is 0 Å². The minimum absolute atomic E-state index is 0.0618. The first kappa shape index (κ1) is 15.1. The van der Waals surface area contributed by atoms with Crippen LogP contribution in [0.5, 0.6) is 0 Å². The van der Waals surface area contributed by atoms with Crippen molar-refractivity contribution in [2.45, 2.75) is 39.7 Å². The predicted molar refractivity (Wildman–Crippen MR) is 85.1 cm³/mol. The van der Waals surface area contributed by atoms with Crippen molar-refractivity contribution in [3.63, 3.8) is 0 Å². The lowest BCUT2D eigenvalue weighted by Gasteiger charge is -2.07. The first-order valence-electron chi connectivity index (χ1n) is 7.11. The molecule has 0 aliphatic heterocycles. The third-order valence-corrected chi connectivity index (χ3v) is 3.53.